The first kappa shape index (κ1) is 21.0. The van der Waals surface area contributed by atoms with Crippen LogP contribution in [0.5, 0.6) is 0 Å². The van der Waals surface area contributed by atoms with Gasteiger partial charge in [-0.25, -0.2) is 9.97 Å². The van der Waals surface area contributed by atoms with Crippen LogP contribution in [0.1, 0.15) is 12.0 Å². The standard InChI is InChI=1S/C24H24N4O2S/c29-14-13-28(15-18-7-3-1-4-8-18)21(30)11-12-25-23-22-20(19-9-5-2-6-10-19)16-31-24(22)27-17-26-23/h1-10,16-17,29H,11-15H2,(H,25,26,27). The van der Waals surface area contributed by atoms with Gasteiger partial charge in [0.15, 0.2) is 0 Å². The Morgan fingerprint density at radius 3 is 2.52 bits per heavy atom. The molecule has 2 aromatic heterocycles. The zero-order valence-corrected chi connectivity index (χ0v) is 17.9. The minimum absolute atomic E-state index is 0.00990. The van der Waals surface area contributed by atoms with Crippen LogP contribution in [0, 0.1) is 0 Å². The molecule has 0 saturated heterocycles. The second-order valence-electron chi connectivity index (χ2n) is 7.12. The van der Waals surface area contributed by atoms with Gasteiger partial charge in [-0.05, 0) is 11.1 Å². The number of nitrogens with zero attached hydrogens (tertiary/aromatic N) is 3. The second-order valence-corrected chi connectivity index (χ2v) is 7.98. The Bertz CT molecular complexity index is 1130. The number of rotatable bonds is 9. The summed E-state index contributed by atoms with van der Waals surface area (Å²) in [4.78, 5) is 24.2. The third-order valence-electron chi connectivity index (χ3n) is 5.03. The smallest absolute Gasteiger partial charge is 0.224 e. The lowest BCUT2D eigenvalue weighted by atomic mass is 10.1. The normalized spacial score (nSPS) is 10.9. The van der Waals surface area contributed by atoms with Crippen molar-refractivity contribution in [1.82, 2.24) is 14.9 Å². The van der Waals surface area contributed by atoms with Gasteiger partial charge in [0.1, 0.15) is 17.0 Å². The molecule has 158 valence electrons. The number of anilines is 1. The molecule has 0 saturated carbocycles. The predicted molar refractivity (Wildman–Crippen MR) is 125 cm³/mol. The van der Waals surface area contributed by atoms with Crippen molar-refractivity contribution in [3.8, 4) is 11.1 Å². The lowest BCUT2D eigenvalue weighted by Gasteiger charge is -2.22. The Balaban J connectivity index is 1.45. The lowest BCUT2D eigenvalue weighted by molar-refractivity contribution is -0.132. The molecule has 1 amide bonds. The van der Waals surface area contributed by atoms with Crippen LogP contribution in [0.15, 0.2) is 72.4 Å². The number of aromatic nitrogens is 2. The molecule has 0 fully saturated rings. The highest BCUT2D eigenvalue weighted by Gasteiger charge is 2.15. The van der Waals surface area contributed by atoms with Gasteiger partial charge in [0, 0.05) is 37.0 Å². The molecule has 0 unspecified atom stereocenters. The number of carbonyl (C=O) groups excluding carboxylic acids is 1. The molecule has 31 heavy (non-hydrogen) atoms. The van der Waals surface area contributed by atoms with Gasteiger partial charge in [-0.1, -0.05) is 60.7 Å². The highest BCUT2D eigenvalue weighted by molar-refractivity contribution is 7.17. The minimum atomic E-state index is -0.0616. The van der Waals surface area contributed by atoms with E-state index < -0.39 is 0 Å². The number of nitrogens with one attached hydrogen (secondary N) is 1. The molecule has 2 N–H and O–H groups in total. The monoisotopic (exact) mass is 432 g/mol. The summed E-state index contributed by atoms with van der Waals surface area (Å²) in [5, 5.41) is 15.8. The summed E-state index contributed by atoms with van der Waals surface area (Å²) in [6, 6.07) is 20.0. The Labute approximate surface area is 185 Å². The molecule has 0 atom stereocenters. The molecule has 0 bridgehead atoms. The number of fused-ring (bicyclic) bond motifs is 1. The summed E-state index contributed by atoms with van der Waals surface area (Å²) >= 11 is 1.58. The molecule has 4 aromatic rings. The van der Waals surface area contributed by atoms with Gasteiger partial charge in [-0.3, -0.25) is 4.79 Å². The van der Waals surface area contributed by atoms with E-state index in [1.165, 1.54) is 0 Å². The number of benzene rings is 2. The molecule has 0 aliphatic heterocycles. The lowest BCUT2D eigenvalue weighted by Crippen LogP contribution is -2.34. The Morgan fingerprint density at radius 2 is 1.77 bits per heavy atom. The Kier molecular flexibility index (Phi) is 6.86. The molecule has 0 aliphatic rings. The summed E-state index contributed by atoms with van der Waals surface area (Å²) in [7, 11) is 0. The fourth-order valence-corrected chi connectivity index (χ4v) is 4.42. The summed E-state index contributed by atoms with van der Waals surface area (Å²) in [5.74, 6) is 0.721. The van der Waals surface area contributed by atoms with Gasteiger partial charge < -0.3 is 15.3 Å². The van der Waals surface area contributed by atoms with E-state index in [0.29, 0.717) is 26.1 Å². The quantitative estimate of drug-likeness (QED) is 0.415. The van der Waals surface area contributed by atoms with Crippen LogP contribution in [0.2, 0.25) is 0 Å². The number of carbonyl (C=O) groups is 1. The molecule has 0 aliphatic carbocycles. The van der Waals surface area contributed by atoms with Crippen molar-refractivity contribution in [1.29, 1.82) is 0 Å². The van der Waals surface area contributed by atoms with Crippen molar-refractivity contribution in [2.75, 3.05) is 25.0 Å². The van der Waals surface area contributed by atoms with Gasteiger partial charge in [0.05, 0.1) is 12.0 Å². The zero-order valence-electron chi connectivity index (χ0n) is 17.1. The number of hydrogen-bond donors (Lipinski definition) is 2. The Morgan fingerprint density at radius 1 is 1.03 bits per heavy atom. The van der Waals surface area contributed by atoms with E-state index in [4.69, 9.17) is 0 Å². The van der Waals surface area contributed by atoms with Crippen LogP contribution in [-0.2, 0) is 11.3 Å². The van der Waals surface area contributed by atoms with Crippen molar-refractivity contribution in [3.63, 3.8) is 0 Å². The van der Waals surface area contributed by atoms with E-state index >= 15 is 0 Å². The highest BCUT2D eigenvalue weighted by Crippen LogP contribution is 2.36. The fourth-order valence-electron chi connectivity index (χ4n) is 3.50. The molecular formula is C24H24N4O2S. The predicted octanol–water partition coefficient (Wildman–Crippen LogP) is 4.18. The molecule has 4 rings (SSSR count). The molecule has 6 nitrogen and oxygen atoms in total. The van der Waals surface area contributed by atoms with E-state index in [9.17, 15) is 9.90 Å². The number of thiophene rings is 1. The average molecular weight is 433 g/mol. The van der Waals surface area contributed by atoms with Crippen LogP contribution in [-0.4, -0.2) is 45.6 Å². The maximum Gasteiger partial charge on any atom is 0.224 e. The maximum atomic E-state index is 12.8. The van der Waals surface area contributed by atoms with Crippen molar-refractivity contribution in [2.24, 2.45) is 0 Å². The number of hydrogen-bond acceptors (Lipinski definition) is 6. The first-order valence-corrected chi connectivity index (χ1v) is 11.1. The third-order valence-corrected chi connectivity index (χ3v) is 5.91. The summed E-state index contributed by atoms with van der Waals surface area (Å²) in [5.41, 5.74) is 3.24. The molecular weight excluding hydrogens is 408 g/mol. The molecule has 7 heteroatoms. The summed E-state index contributed by atoms with van der Waals surface area (Å²) < 4.78 is 0. The fraction of sp³-hybridized carbons (Fsp3) is 0.208. The van der Waals surface area contributed by atoms with Crippen molar-refractivity contribution >= 4 is 33.3 Å². The topological polar surface area (TPSA) is 78.4 Å². The Hall–Kier alpha value is -3.29. The largest absolute Gasteiger partial charge is 0.395 e. The van der Waals surface area contributed by atoms with E-state index in [2.05, 4.69) is 32.8 Å². The second kappa shape index (κ2) is 10.1. The SMILES string of the molecule is O=C(CCNc1ncnc2scc(-c3ccccc3)c12)N(CCO)Cc1ccccc1. The number of aliphatic hydroxyl groups excluding tert-OH is 1. The number of aliphatic hydroxyl groups is 1. The van der Waals surface area contributed by atoms with Crippen LogP contribution < -0.4 is 5.32 Å². The van der Waals surface area contributed by atoms with Crippen LogP contribution >= 0.6 is 11.3 Å². The van der Waals surface area contributed by atoms with Crippen LogP contribution in [0.3, 0.4) is 0 Å². The molecule has 0 spiro atoms. The first-order valence-electron chi connectivity index (χ1n) is 10.2. The van der Waals surface area contributed by atoms with Crippen molar-refractivity contribution in [2.45, 2.75) is 13.0 Å². The molecule has 2 aromatic carbocycles. The van der Waals surface area contributed by atoms with Crippen molar-refractivity contribution in [3.05, 3.63) is 77.9 Å². The van der Waals surface area contributed by atoms with Crippen LogP contribution in [0.25, 0.3) is 21.3 Å². The zero-order chi connectivity index (χ0) is 21.5. The van der Waals surface area contributed by atoms with E-state index in [0.717, 1.165) is 32.7 Å². The number of amides is 1. The molecule has 0 radical (unpaired) electrons. The highest BCUT2D eigenvalue weighted by atomic mass is 32.1. The van der Waals surface area contributed by atoms with E-state index in [1.54, 1.807) is 22.6 Å². The van der Waals surface area contributed by atoms with E-state index in [1.807, 2.05) is 48.5 Å². The molecule has 2 heterocycles. The summed E-state index contributed by atoms with van der Waals surface area (Å²) in [6.07, 6.45) is 1.86. The van der Waals surface area contributed by atoms with Gasteiger partial charge in [-0.2, -0.15) is 0 Å². The average Bonchev–Trinajstić information content (AvgIpc) is 3.25. The first-order chi connectivity index (χ1) is 15.3. The minimum Gasteiger partial charge on any atom is -0.395 e. The van der Waals surface area contributed by atoms with Crippen LogP contribution in [0.4, 0.5) is 5.82 Å². The van der Waals surface area contributed by atoms with Crippen molar-refractivity contribution < 1.29 is 9.90 Å². The summed E-state index contributed by atoms with van der Waals surface area (Å²) in [6.45, 7) is 1.19. The van der Waals surface area contributed by atoms with Gasteiger partial charge in [0.2, 0.25) is 5.91 Å². The third kappa shape index (κ3) is 5.07. The van der Waals surface area contributed by atoms with E-state index in [-0.39, 0.29) is 12.5 Å². The van der Waals surface area contributed by atoms with Gasteiger partial charge in [0.25, 0.3) is 0 Å². The van der Waals surface area contributed by atoms with Gasteiger partial charge >= 0.3 is 0 Å². The maximum absolute atomic E-state index is 12.8. The van der Waals surface area contributed by atoms with Gasteiger partial charge in [-0.15, -0.1) is 11.3 Å².